The summed E-state index contributed by atoms with van der Waals surface area (Å²) in [6, 6.07) is 22.5. The summed E-state index contributed by atoms with van der Waals surface area (Å²) >= 11 is 1.23. The van der Waals surface area contributed by atoms with Crippen molar-refractivity contribution in [3.8, 4) is 11.3 Å². The van der Waals surface area contributed by atoms with E-state index >= 15 is 0 Å². The Balaban J connectivity index is 1.42. The first-order valence-corrected chi connectivity index (χ1v) is 13.8. The first kappa shape index (κ1) is 27.0. The van der Waals surface area contributed by atoms with Crippen LogP contribution in [0, 0.1) is 6.92 Å². The van der Waals surface area contributed by atoms with E-state index in [1.165, 1.54) is 11.3 Å². The molecular formula is C30H30N6O3S. The fourth-order valence-electron chi connectivity index (χ4n) is 4.01. The molecule has 5 rings (SSSR count). The molecule has 1 aromatic heterocycles. The third-order valence-electron chi connectivity index (χ3n) is 6.41. The highest BCUT2D eigenvalue weighted by Gasteiger charge is 2.24. The number of carbonyl (C=O) groups is 3. The number of hydrogen-bond acceptors (Lipinski definition) is 7. The average Bonchev–Trinajstić information content (AvgIpc) is 3.69. The Morgan fingerprint density at radius 3 is 2.42 bits per heavy atom. The number of amides is 3. The zero-order valence-electron chi connectivity index (χ0n) is 22.0. The standard InChI is InChI=1S/C30H30N6O3S/c1-18-7-8-21(28(38)34-23-13-14-23)15-24(18)35-30-36-26(20-9-11-22(12-10-20)33-25(37)16-31)27(40-30)29(39)32-17-19-5-3-2-4-6-19/h2-12,15,23H,13-14,16-17,31H2,1H3,(H,32,39)(H,33,37)(H,34,38)(H,35,36). The third-order valence-corrected chi connectivity index (χ3v) is 7.38. The molecule has 0 atom stereocenters. The van der Waals surface area contributed by atoms with Gasteiger partial charge < -0.3 is 27.0 Å². The van der Waals surface area contributed by atoms with Crippen molar-refractivity contribution < 1.29 is 14.4 Å². The SMILES string of the molecule is Cc1ccc(C(=O)NC2CC2)cc1Nc1nc(-c2ccc(NC(=O)CN)cc2)c(C(=O)NCc2ccccc2)s1. The van der Waals surface area contributed by atoms with Gasteiger partial charge in [0.1, 0.15) is 4.88 Å². The third kappa shape index (κ3) is 6.71. The first-order chi connectivity index (χ1) is 19.4. The molecule has 0 spiro atoms. The lowest BCUT2D eigenvalue weighted by atomic mass is 10.1. The van der Waals surface area contributed by atoms with Crippen LogP contribution in [-0.2, 0) is 11.3 Å². The van der Waals surface area contributed by atoms with E-state index in [0.29, 0.717) is 39.1 Å². The zero-order valence-corrected chi connectivity index (χ0v) is 22.8. The van der Waals surface area contributed by atoms with Gasteiger partial charge in [0.2, 0.25) is 5.91 Å². The smallest absolute Gasteiger partial charge is 0.264 e. The molecule has 0 aliphatic heterocycles. The molecule has 4 aromatic rings. The van der Waals surface area contributed by atoms with Crippen molar-refractivity contribution in [1.82, 2.24) is 15.6 Å². The Morgan fingerprint density at radius 2 is 1.73 bits per heavy atom. The topological polar surface area (TPSA) is 138 Å². The van der Waals surface area contributed by atoms with Crippen molar-refractivity contribution in [2.24, 2.45) is 5.73 Å². The lowest BCUT2D eigenvalue weighted by Gasteiger charge is -2.10. The van der Waals surface area contributed by atoms with Crippen LogP contribution in [0.3, 0.4) is 0 Å². The second-order valence-electron chi connectivity index (χ2n) is 9.60. The fraction of sp³-hybridized carbons (Fsp3) is 0.200. The van der Waals surface area contributed by atoms with E-state index in [-0.39, 0.29) is 30.3 Å². The molecule has 3 aromatic carbocycles. The molecule has 40 heavy (non-hydrogen) atoms. The number of nitrogens with zero attached hydrogens (tertiary/aromatic N) is 1. The molecular weight excluding hydrogens is 524 g/mol. The lowest BCUT2D eigenvalue weighted by Crippen LogP contribution is -2.25. The molecule has 1 saturated carbocycles. The van der Waals surface area contributed by atoms with Gasteiger partial charge in [-0.05, 0) is 55.2 Å². The number of rotatable bonds is 10. The van der Waals surface area contributed by atoms with Gasteiger partial charge >= 0.3 is 0 Å². The normalized spacial score (nSPS) is 12.4. The van der Waals surface area contributed by atoms with Crippen molar-refractivity contribution >= 4 is 45.6 Å². The summed E-state index contributed by atoms with van der Waals surface area (Å²) in [4.78, 5) is 42.8. The van der Waals surface area contributed by atoms with Gasteiger partial charge in [-0.25, -0.2) is 4.98 Å². The van der Waals surface area contributed by atoms with Crippen LogP contribution in [0.5, 0.6) is 0 Å². The molecule has 0 radical (unpaired) electrons. The summed E-state index contributed by atoms with van der Waals surface area (Å²) in [5, 5.41) is 12.5. The number of carbonyl (C=O) groups excluding carboxylic acids is 3. The average molecular weight is 555 g/mol. The minimum Gasteiger partial charge on any atom is -0.349 e. The predicted molar refractivity (Wildman–Crippen MR) is 158 cm³/mol. The maximum atomic E-state index is 13.4. The van der Waals surface area contributed by atoms with Gasteiger partial charge in [0, 0.05) is 35.1 Å². The van der Waals surface area contributed by atoms with Gasteiger partial charge in [-0.15, -0.1) is 0 Å². The summed E-state index contributed by atoms with van der Waals surface area (Å²) in [6.07, 6.45) is 2.03. The lowest BCUT2D eigenvalue weighted by molar-refractivity contribution is -0.114. The number of aryl methyl sites for hydroxylation is 1. The van der Waals surface area contributed by atoms with Crippen molar-refractivity contribution in [2.45, 2.75) is 32.4 Å². The largest absolute Gasteiger partial charge is 0.349 e. The van der Waals surface area contributed by atoms with E-state index in [4.69, 9.17) is 10.7 Å². The molecule has 3 amide bonds. The number of benzene rings is 3. The maximum Gasteiger partial charge on any atom is 0.264 e. The van der Waals surface area contributed by atoms with Crippen LogP contribution in [0.15, 0.2) is 72.8 Å². The number of aromatic nitrogens is 1. The van der Waals surface area contributed by atoms with Crippen LogP contribution in [0.4, 0.5) is 16.5 Å². The fourth-order valence-corrected chi connectivity index (χ4v) is 4.93. The van der Waals surface area contributed by atoms with E-state index in [1.54, 1.807) is 36.4 Å². The van der Waals surface area contributed by atoms with Gasteiger partial charge in [0.05, 0.1) is 12.2 Å². The molecule has 204 valence electrons. The highest BCUT2D eigenvalue weighted by Crippen LogP contribution is 2.34. The molecule has 1 heterocycles. The second kappa shape index (κ2) is 12.1. The van der Waals surface area contributed by atoms with Crippen molar-refractivity contribution in [2.75, 3.05) is 17.2 Å². The molecule has 0 unspecified atom stereocenters. The second-order valence-corrected chi connectivity index (χ2v) is 10.6. The van der Waals surface area contributed by atoms with Crippen molar-refractivity contribution in [3.05, 3.63) is 94.4 Å². The number of thiazole rings is 1. The minimum atomic E-state index is -0.294. The van der Waals surface area contributed by atoms with Gasteiger partial charge in [-0.3, -0.25) is 14.4 Å². The molecule has 1 fully saturated rings. The molecule has 1 aliphatic carbocycles. The Bertz CT molecular complexity index is 1530. The minimum absolute atomic E-state index is 0.104. The van der Waals surface area contributed by atoms with E-state index in [9.17, 15) is 14.4 Å². The van der Waals surface area contributed by atoms with Gasteiger partial charge in [0.25, 0.3) is 11.8 Å². The predicted octanol–water partition coefficient (Wildman–Crippen LogP) is 4.58. The summed E-state index contributed by atoms with van der Waals surface area (Å²) in [5.41, 5.74) is 10.4. The molecule has 6 N–H and O–H groups in total. The van der Waals surface area contributed by atoms with Crippen LogP contribution in [-0.4, -0.2) is 35.3 Å². The molecule has 10 heteroatoms. The zero-order chi connectivity index (χ0) is 28.1. The summed E-state index contributed by atoms with van der Waals surface area (Å²) in [6.45, 7) is 2.21. The van der Waals surface area contributed by atoms with Crippen LogP contribution >= 0.6 is 11.3 Å². The Hall–Kier alpha value is -4.54. The molecule has 0 bridgehead atoms. The Kier molecular flexibility index (Phi) is 8.18. The molecule has 1 aliphatic rings. The Morgan fingerprint density at radius 1 is 0.975 bits per heavy atom. The summed E-state index contributed by atoms with van der Waals surface area (Å²) in [5.74, 6) is -0.648. The van der Waals surface area contributed by atoms with Gasteiger partial charge in [-0.2, -0.15) is 0 Å². The molecule has 0 saturated heterocycles. The van der Waals surface area contributed by atoms with Crippen LogP contribution in [0.25, 0.3) is 11.3 Å². The monoisotopic (exact) mass is 554 g/mol. The number of hydrogen-bond donors (Lipinski definition) is 5. The van der Waals surface area contributed by atoms with E-state index in [2.05, 4.69) is 21.3 Å². The first-order valence-electron chi connectivity index (χ1n) is 13.0. The highest BCUT2D eigenvalue weighted by atomic mass is 32.1. The van der Waals surface area contributed by atoms with Gasteiger partial charge in [0.15, 0.2) is 5.13 Å². The van der Waals surface area contributed by atoms with Crippen LogP contribution < -0.4 is 27.0 Å². The quantitative estimate of drug-likeness (QED) is 0.195. The summed E-state index contributed by atoms with van der Waals surface area (Å²) < 4.78 is 0. The maximum absolute atomic E-state index is 13.4. The van der Waals surface area contributed by atoms with E-state index < -0.39 is 0 Å². The molecule has 9 nitrogen and oxygen atoms in total. The number of nitrogens with one attached hydrogen (secondary N) is 4. The van der Waals surface area contributed by atoms with Crippen LogP contribution in [0.2, 0.25) is 0 Å². The van der Waals surface area contributed by atoms with E-state index in [0.717, 1.165) is 29.7 Å². The van der Waals surface area contributed by atoms with E-state index in [1.807, 2.05) is 43.3 Å². The van der Waals surface area contributed by atoms with Crippen molar-refractivity contribution in [3.63, 3.8) is 0 Å². The number of nitrogens with two attached hydrogens (primary N) is 1. The Labute approximate surface area is 236 Å². The van der Waals surface area contributed by atoms with Gasteiger partial charge in [-0.1, -0.05) is 59.9 Å². The number of anilines is 3. The van der Waals surface area contributed by atoms with Crippen molar-refractivity contribution in [1.29, 1.82) is 0 Å². The highest BCUT2D eigenvalue weighted by molar-refractivity contribution is 7.18. The van der Waals surface area contributed by atoms with Crippen LogP contribution in [0.1, 0.15) is 44.0 Å². The summed E-state index contributed by atoms with van der Waals surface area (Å²) in [7, 11) is 0.